The van der Waals surface area contributed by atoms with E-state index < -0.39 is 0 Å². The van der Waals surface area contributed by atoms with Gasteiger partial charge in [0.2, 0.25) is 0 Å². The molecule has 1 rings (SSSR count). The van der Waals surface area contributed by atoms with Crippen LogP contribution in [0.3, 0.4) is 0 Å². The fourth-order valence-electron chi connectivity index (χ4n) is 2.22. The van der Waals surface area contributed by atoms with Gasteiger partial charge in [-0.3, -0.25) is 4.79 Å². The van der Waals surface area contributed by atoms with Crippen molar-refractivity contribution in [1.29, 1.82) is 0 Å². The van der Waals surface area contributed by atoms with Gasteiger partial charge in [0, 0.05) is 19.3 Å². The Morgan fingerprint density at radius 1 is 1.55 bits per heavy atom. The fourth-order valence-corrected chi connectivity index (χ4v) is 2.22. The van der Waals surface area contributed by atoms with Gasteiger partial charge in [-0.25, -0.2) is 0 Å². The van der Waals surface area contributed by atoms with E-state index in [-0.39, 0.29) is 25.7 Å². The zero-order valence-electron chi connectivity index (χ0n) is 13.7. The van der Waals surface area contributed by atoms with Gasteiger partial charge in [-0.2, -0.15) is 0 Å². The number of likely N-dealkylation sites (N-methyl/N-ethyl adjacent to an activating group) is 1. The molecule has 2 N–H and O–H groups in total. The topological polar surface area (TPSA) is 61.8 Å². The first-order valence-corrected chi connectivity index (χ1v) is 7.47. The van der Waals surface area contributed by atoms with Crippen LogP contribution >= 0.6 is 0 Å². The number of hydrogen-bond acceptors (Lipinski definition) is 4. The standard InChI is InChI=1S/C17H26N2O3/c1-5-16-13(2)7-6-8-15(11-19(4)14(16)3)22-12-17(21)18-9-10-20/h6-8,20H,2,5,9-12H2,1,3-4H3,(H,18,21)/b7-6-,15-8+,16-14-. The van der Waals surface area contributed by atoms with Crippen LogP contribution in [-0.2, 0) is 9.53 Å². The molecular weight excluding hydrogens is 280 g/mol. The zero-order valence-corrected chi connectivity index (χ0v) is 13.7. The summed E-state index contributed by atoms with van der Waals surface area (Å²) in [6.07, 6.45) is 6.62. The summed E-state index contributed by atoms with van der Waals surface area (Å²) >= 11 is 0. The molecule has 0 saturated carbocycles. The lowest BCUT2D eigenvalue weighted by atomic mass is 10.0. The van der Waals surface area contributed by atoms with E-state index in [9.17, 15) is 4.79 Å². The molecule has 1 heterocycles. The first-order chi connectivity index (χ1) is 10.5. The molecule has 0 spiro atoms. The fraction of sp³-hybridized carbons (Fsp3) is 0.471. The molecule has 0 unspecified atom stereocenters. The van der Waals surface area contributed by atoms with E-state index in [1.165, 1.54) is 5.57 Å². The minimum absolute atomic E-state index is 0.0577. The molecule has 0 radical (unpaired) electrons. The quantitative estimate of drug-likeness (QED) is 0.784. The van der Waals surface area contributed by atoms with Gasteiger partial charge in [0.05, 0.1) is 13.2 Å². The highest BCUT2D eigenvalue weighted by Crippen LogP contribution is 2.22. The van der Waals surface area contributed by atoms with E-state index in [4.69, 9.17) is 9.84 Å². The third kappa shape index (κ3) is 5.41. The van der Waals surface area contributed by atoms with Gasteiger partial charge in [0.25, 0.3) is 5.91 Å². The summed E-state index contributed by atoms with van der Waals surface area (Å²) in [4.78, 5) is 13.6. The van der Waals surface area contributed by atoms with Crippen molar-refractivity contribution in [2.45, 2.75) is 20.3 Å². The number of ether oxygens (including phenoxy) is 1. The Morgan fingerprint density at radius 2 is 2.27 bits per heavy atom. The van der Waals surface area contributed by atoms with Crippen molar-refractivity contribution in [2.75, 3.05) is 33.4 Å². The van der Waals surface area contributed by atoms with Gasteiger partial charge in [-0.15, -0.1) is 0 Å². The maximum absolute atomic E-state index is 11.5. The van der Waals surface area contributed by atoms with E-state index >= 15 is 0 Å². The monoisotopic (exact) mass is 306 g/mol. The maximum Gasteiger partial charge on any atom is 0.258 e. The zero-order chi connectivity index (χ0) is 16.5. The van der Waals surface area contributed by atoms with E-state index in [1.807, 2.05) is 25.3 Å². The van der Waals surface area contributed by atoms with Gasteiger partial charge in [-0.05, 0) is 30.6 Å². The van der Waals surface area contributed by atoms with Crippen LogP contribution in [0, 0.1) is 0 Å². The molecular formula is C17H26N2O3. The second kappa shape index (κ2) is 9.10. The number of allylic oxidation sites excluding steroid dienone is 6. The molecule has 1 aliphatic rings. The SMILES string of the molecule is C=C1/C=C\C=C(\OCC(=O)NCCO)CN(C)/C(C)=C\1CC. The summed E-state index contributed by atoms with van der Waals surface area (Å²) in [6, 6.07) is 0. The average molecular weight is 306 g/mol. The summed E-state index contributed by atoms with van der Waals surface area (Å²) in [5.74, 6) is 0.467. The number of aliphatic hydroxyl groups is 1. The van der Waals surface area contributed by atoms with Crippen molar-refractivity contribution in [2.24, 2.45) is 0 Å². The van der Waals surface area contributed by atoms with Gasteiger partial charge in [0.1, 0.15) is 5.76 Å². The molecule has 0 fully saturated rings. The minimum Gasteiger partial charge on any atom is -0.486 e. The molecule has 0 saturated heterocycles. The Hall–Kier alpha value is -2.01. The first kappa shape index (κ1) is 18.0. The van der Waals surface area contributed by atoms with Gasteiger partial charge < -0.3 is 20.1 Å². The number of aliphatic hydroxyl groups excluding tert-OH is 1. The summed E-state index contributed by atoms with van der Waals surface area (Å²) < 4.78 is 5.58. The molecule has 122 valence electrons. The Labute approximate surface area is 132 Å². The molecule has 1 aliphatic heterocycles. The van der Waals surface area contributed by atoms with Crippen molar-refractivity contribution in [3.63, 3.8) is 0 Å². The van der Waals surface area contributed by atoms with Crippen LogP contribution in [0.25, 0.3) is 0 Å². The highest BCUT2D eigenvalue weighted by Gasteiger charge is 2.12. The normalized spacial score (nSPS) is 23.0. The number of amides is 1. The summed E-state index contributed by atoms with van der Waals surface area (Å²) in [5, 5.41) is 11.2. The van der Waals surface area contributed by atoms with Crippen molar-refractivity contribution in [3.8, 4) is 0 Å². The smallest absolute Gasteiger partial charge is 0.258 e. The van der Waals surface area contributed by atoms with E-state index in [0.717, 1.165) is 17.7 Å². The predicted molar refractivity (Wildman–Crippen MR) is 88.0 cm³/mol. The predicted octanol–water partition coefficient (Wildman–Crippen LogP) is 1.74. The lowest BCUT2D eigenvalue weighted by molar-refractivity contribution is -0.124. The molecule has 22 heavy (non-hydrogen) atoms. The van der Waals surface area contributed by atoms with Crippen LogP contribution in [0.4, 0.5) is 0 Å². The third-order valence-electron chi connectivity index (χ3n) is 3.55. The van der Waals surface area contributed by atoms with Gasteiger partial charge in [-0.1, -0.05) is 25.7 Å². The van der Waals surface area contributed by atoms with Gasteiger partial charge in [0.15, 0.2) is 6.61 Å². The van der Waals surface area contributed by atoms with E-state index in [1.54, 1.807) is 0 Å². The first-order valence-electron chi connectivity index (χ1n) is 7.47. The lowest BCUT2D eigenvalue weighted by Gasteiger charge is -2.24. The second-order valence-electron chi connectivity index (χ2n) is 5.15. The number of nitrogens with one attached hydrogen (secondary N) is 1. The number of rotatable bonds is 6. The molecule has 0 aliphatic carbocycles. The van der Waals surface area contributed by atoms with Crippen molar-refractivity contribution < 1.29 is 14.6 Å². The Bertz CT molecular complexity index is 504. The molecule has 0 aromatic heterocycles. The molecule has 0 atom stereocenters. The van der Waals surface area contributed by atoms with Crippen molar-refractivity contribution >= 4 is 5.91 Å². The van der Waals surface area contributed by atoms with E-state index in [2.05, 4.69) is 30.6 Å². The van der Waals surface area contributed by atoms with Crippen LogP contribution in [0.15, 0.2) is 47.4 Å². The van der Waals surface area contributed by atoms with Crippen LogP contribution in [0.2, 0.25) is 0 Å². The molecule has 0 aromatic carbocycles. The number of hydrogen-bond donors (Lipinski definition) is 2. The number of nitrogens with zero attached hydrogens (tertiary/aromatic N) is 1. The van der Waals surface area contributed by atoms with Crippen LogP contribution in [0.1, 0.15) is 20.3 Å². The Kier molecular flexibility index (Phi) is 7.46. The molecule has 0 bridgehead atoms. The minimum atomic E-state index is -0.243. The van der Waals surface area contributed by atoms with Crippen LogP contribution in [-0.4, -0.2) is 49.3 Å². The summed E-state index contributed by atoms with van der Waals surface area (Å²) in [6.45, 7) is 8.96. The summed E-state index contributed by atoms with van der Waals surface area (Å²) in [5.41, 5.74) is 3.36. The van der Waals surface area contributed by atoms with Crippen molar-refractivity contribution in [3.05, 3.63) is 47.4 Å². The number of carbonyl (C=O) groups is 1. The number of carbonyl (C=O) groups excluding carboxylic acids is 1. The Balaban J connectivity index is 2.76. The lowest BCUT2D eigenvalue weighted by Crippen LogP contribution is -2.31. The second-order valence-corrected chi connectivity index (χ2v) is 5.15. The highest BCUT2D eigenvalue weighted by atomic mass is 16.5. The van der Waals surface area contributed by atoms with Crippen molar-refractivity contribution in [1.82, 2.24) is 10.2 Å². The maximum atomic E-state index is 11.5. The third-order valence-corrected chi connectivity index (χ3v) is 3.55. The Morgan fingerprint density at radius 3 is 2.91 bits per heavy atom. The van der Waals surface area contributed by atoms with Gasteiger partial charge >= 0.3 is 0 Å². The molecule has 1 amide bonds. The molecule has 5 nitrogen and oxygen atoms in total. The highest BCUT2D eigenvalue weighted by molar-refractivity contribution is 5.77. The van der Waals surface area contributed by atoms with E-state index in [0.29, 0.717) is 12.3 Å². The molecule has 5 heteroatoms. The largest absolute Gasteiger partial charge is 0.486 e. The molecule has 0 aromatic rings. The van der Waals surface area contributed by atoms with Crippen LogP contribution < -0.4 is 5.32 Å². The van der Waals surface area contributed by atoms with Crippen LogP contribution in [0.5, 0.6) is 0 Å². The average Bonchev–Trinajstić information content (AvgIpc) is 2.54. The summed E-state index contributed by atoms with van der Waals surface area (Å²) in [7, 11) is 1.99.